The first kappa shape index (κ1) is 12.5. The molecule has 1 aliphatic rings. The van der Waals surface area contributed by atoms with Crippen molar-refractivity contribution < 1.29 is 9.90 Å². The normalized spacial score (nSPS) is 29.7. The Morgan fingerprint density at radius 3 is 2.47 bits per heavy atom. The molecule has 0 aromatic rings. The van der Waals surface area contributed by atoms with Gasteiger partial charge in [-0.05, 0) is 20.3 Å². The maximum atomic E-state index is 11.1. The monoisotopic (exact) mass is 214 g/mol. The van der Waals surface area contributed by atoms with Crippen LogP contribution in [-0.2, 0) is 4.79 Å². The molecule has 0 aliphatic heterocycles. The van der Waals surface area contributed by atoms with Crippen LogP contribution in [0.5, 0.6) is 0 Å². The van der Waals surface area contributed by atoms with Crippen LogP contribution in [0.2, 0.25) is 0 Å². The van der Waals surface area contributed by atoms with Crippen molar-refractivity contribution in [2.45, 2.75) is 46.3 Å². The van der Waals surface area contributed by atoms with E-state index in [0.29, 0.717) is 6.54 Å². The molecule has 4 heteroatoms. The summed E-state index contributed by atoms with van der Waals surface area (Å²) in [6, 6.07) is 0.270. The number of aliphatic hydroxyl groups is 1. The average molecular weight is 214 g/mol. The number of aliphatic hydroxyl groups excluding tert-OH is 1. The highest BCUT2D eigenvalue weighted by molar-refractivity contribution is 5.80. The van der Waals surface area contributed by atoms with Gasteiger partial charge in [0.1, 0.15) is 0 Å². The summed E-state index contributed by atoms with van der Waals surface area (Å²) < 4.78 is 0. The van der Waals surface area contributed by atoms with Gasteiger partial charge < -0.3 is 16.2 Å². The summed E-state index contributed by atoms with van der Waals surface area (Å²) in [6.07, 6.45) is 0.508. The Bertz CT molecular complexity index is 261. The first-order valence-corrected chi connectivity index (χ1v) is 5.39. The molecule has 0 radical (unpaired) electrons. The summed E-state index contributed by atoms with van der Waals surface area (Å²) in [5.41, 5.74) is 4.65. The molecular weight excluding hydrogens is 192 g/mol. The van der Waals surface area contributed by atoms with E-state index in [1.165, 1.54) is 0 Å². The second-order valence-electron chi connectivity index (χ2n) is 5.75. The van der Waals surface area contributed by atoms with Crippen LogP contribution in [0.25, 0.3) is 0 Å². The van der Waals surface area contributed by atoms with Crippen molar-refractivity contribution in [2.24, 2.45) is 16.6 Å². The van der Waals surface area contributed by atoms with E-state index in [9.17, 15) is 9.90 Å². The van der Waals surface area contributed by atoms with E-state index in [1.807, 2.05) is 27.7 Å². The molecule has 0 saturated heterocycles. The minimum Gasteiger partial charge on any atom is -0.392 e. The second-order valence-corrected chi connectivity index (χ2v) is 5.75. The third-order valence-electron chi connectivity index (χ3n) is 3.67. The van der Waals surface area contributed by atoms with Crippen molar-refractivity contribution in [3.05, 3.63) is 0 Å². The zero-order valence-corrected chi connectivity index (χ0v) is 10.0. The minimum absolute atomic E-state index is 0.103. The van der Waals surface area contributed by atoms with Crippen molar-refractivity contribution in [2.75, 3.05) is 6.54 Å². The molecule has 88 valence electrons. The summed E-state index contributed by atoms with van der Waals surface area (Å²) in [4.78, 5) is 11.1. The molecule has 2 atom stereocenters. The Labute approximate surface area is 91.2 Å². The molecule has 1 saturated carbocycles. The van der Waals surface area contributed by atoms with Crippen molar-refractivity contribution in [3.63, 3.8) is 0 Å². The molecule has 0 bridgehead atoms. The summed E-state index contributed by atoms with van der Waals surface area (Å²) in [5, 5.41) is 12.9. The van der Waals surface area contributed by atoms with Gasteiger partial charge in [0.2, 0.25) is 5.91 Å². The van der Waals surface area contributed by atoms with E-state index in [-0.39, 0.29) is 23.5 Å². The van der Waals surface area contributed by atoms with E-state index >= 15 is 0 Å². The maximum Gasteiger partial charge on any atom is 0.224 e. The van der Waals surface area contributed by atoms with Gasteiger partial charge in [0.15, 0.2) is 0 Å². The summed E-state index contributed by atoms with van der Waals surface area (Å²) in [6.45, 7) is 8.25. The molecule has 0 aromatic carbocycles. The molecule has 4 nitrogen and oxygen atoms in total. The van der Waals surface area contributed by atoms with E-state index in [1.54, 1.807) is 0 Å². The van der Waals surface area contributed by atoms with Crippen LogP contribution in [0.1, 0.15) is 34.1 Å². The average Bonchev–Trinajstić information content (AvgIpc) is 2.11. The molecule has 0 aromatic heterocycles. The summed E-state index contributed by atoms with van der Waals surface area (Å²) in [7, 11) is 0. The number of hydrogen-bond donors (Lipinski definition) is 3. The fourth-order valence-electron chi connectivity index (χ4n) is 1.71. The molecule has 0 spiro atoms. The number of nitrogens with two attached hydrogens (primary N) is 1. The fraction of sp³-hybridized carbons (Fsp3) is 0.909. The number of hydrogen-bond acceptors (Lipinski definition) is 3. The molecule has 4 N–H and O–H groups in total. The van der Waals surface area contributed by atoms with Crippen LogP contribution in [0.4, 0.5) is 0 Å². The van der Waals surface area contributed by atoms with Crippen molar-refractivity contribution in [1.29, 1.82) is 0 Å². The van der Waals surface area contributed by atoms with Crippen LogP contribution in [0, 0.1) is 10.8 Å². The van der Waals surface area contributed by atoms with Crippen LogP contribution >= 0.6 is 0 Å². The number of amides is 1. The highest BCUT2D eigenvalue weighted by atomic mass is 16.3. The van der Waals surface area contributed by atoms with Gasteiger partial charge >= 0.3 is 0 Å². The molecule has 1 aliphatic carbocycles. The Hall–Kier alpha value is -0.610. The number of carbonyl (C=O) groups is 1. The van der Waals surface area contributed by atoms with E-state index in [2.05, 4.69) is 5.32 Å². The Morgan fingerprint density at radius 2 is 2.13 bits per heavy atom. The van der Waals surface area contributed by atoms with Crippen molar-refractivity contribution in [3.8, 4) is 0 Å². The molecule has 1 rings (SSSR count). The largest absolute Gasteiger partial charge is 0.392 e. The van der Waals surface area contributed by atoms with E-state index in [4.69, 9.17) is 5.73 Å². The van der Waals surface area contributed by atoms with Crippen LogP contribution in [0.3, 0.4) is 0 Å². The highest BCUT2D eigenvalue weighted by Crippen LogP contribution is 2.40. The van der Waals surface area contributed by atoms with E-state index in [0.717, 1.165) is 6.42 Å². The van der Waals surface area contributed by atoms with Gasteiger partial charge in [0, 0.05) is 18.0 Å². The molecule has 2 unspecified atom stereocenters. The lowest BCUT2D eigenvalue weighted by Gasteiger charge is -2.50. The third kappa shape index (κ3) is 2.32. The van der Waals surface area contributed by atoms with E-state index < -0.39 is 5.41 Å². The zero-order valence-electron chi connectivity index (χ0n) is 10.0. The Balaban J connectivity index is 2.43. The van der Waals surface area contributed by atoms with Gasteiger partial charge in [-0.15, -0.1) is 0 Å². The summed E-state index contributed by atoms with van der Waals surface area (Å²) in [5.74, 6) is -0.298. The number of rotatable bonds is 4. The van der Waals surface area contributed by atoms with Gasteiger partial charge in [-0.1, -0.05) is 13.8 Å². The highest BCUT2D eigenvalue weighted by Gasteiger charge is 2.47. The minimum atomic E-state index is -0.531. The Morgan fingerprint density at radius 1 is 1.60 bits per heavy atom. The SMILES string of the molecule is CC(C)(CNC1CC(O)C1(C)C)C(N)=O. The zero-order chi connectivity index (χ0) is 11.9. The van der Waals surface area contributed by atoms with Crippen molar-refractivity contribution in [1.82, 2.24) is 5.32 Å². The quantitative estimate of drug-likeness (QED) is 0.628. The van der Waals surface area contributed by atoms with Gasteiger partial charge in [0.05, 0.1) is 11.5 Å². The predicted molar refractivity (Wildman–Crippen MR) is 59.2 cm³/mol. The van der Waals surface area contributed by atoms with Gasteiger partial charge in [-0.25, -0.2) is 0 Å². The second kappa shape index (κ2) is 3.76. The first-order valence-electron chi connectivity index (χ1n) is 5.39. The Kier molecular flexibility index (Phi) is 3.12. The molecule has 1 amide bonds. The fourth-order valence-corrected chi connectivity index (χ4v) is 1.71. The lowest BCUT2D eigenvalue weighted by molar-refractivity contribution is -0.126. The van der Waals surface area contributed by atoms with Gasteiger partial charge in [-0.2, -0.15) is 0 Å². The summed E-state index contributed by atoms with van der Waals surface area (Å²) >= 11 is 0. The van der Waals surface area contributed by atoms with Crippen molar-refractivity contribution >= 4 is 5.91 Å². The number of carbonyl (C=O) groups excluding carboxylic acids is 1. The first-order chi connectivity index (χ1) is 6.68. The number of nitrogens with one attached hydrogen (secondary N) is 1. The van der Waals surface area contributed by atoms with Crippen LogP contribution < -0.4 is 11.1 Å². The lowest BCUT2D eigenvalue weighted by Crippen LogP contribution is -2.61. The topological polar surface area (TPSA) is 75.3 Å². The lowest BCUT2D eigenvalue weighted by atomic mass is 9.64. The molecular formula is C11H22N2O2. The molecule has 1 fully saturated rings. The number of primary amides is 1. The van der Waals surface area contributed by atoms with Gasteiger partial charge in [0.25, 0.3) is 0 Å². The smallest absolute Gasteiger partial charge is 0.224 e. The maximum absolute atomic E-state index is 11.1. The molecule has 15 heavy (non-hydrogen) atoms. The third-order valence-corrected chi connectivity index (χ3v) is 3.67. The predicted octanol–water partition coefficient (Wildman–Crippen LogP) is 0.247. The van der Waals surface area contributed by atoms with Gasteiger partial charge in [-0.3, -0.25) is 4.79 Å². The molecule has 0 heterocycles. The standard InChI is InChI=1S/C11H22N2O2/c1-10(2,9(12)15)6-13-7-5-8(14)11(7,3)4/h7-8,13-14H,5-6H2,1-4H3,(H2,12,15). The van der Waals surface area contributed by atoms with Crippen LogP contribution in [-0.4, -0.2) is 29.7 Å². The van der Waals surface area contributed by atoms with Crippen LogP contribution in [0.15, 0.2) is 0 Å².